The Hall–Kier alpha value is -3.00. The second-order valence-corrected chi connectivity index (χ2v) is 7.93. The van der Waals surface area contributed by atoms with Gasteiger partial charge in [-0.1, -0.05) is 24.3 Å². The van der Waals surface area contributed by atoms with E-state index in [1.807, 2.05) is 40.9 Å². The van der Waals surface area contributed by atoms with E-state index in [0.717, 1.165) is 62.0 Å². The number of halogens is 1. The number of fused-ring (bicyclic) bond motifs is 1. The minimum absolute atomic E-state index is 0.113. The number of piperidine rings is 1. The van der Waals surface area contributed by atoms with Crippen LogP contribution < -0.4 is 10.6 Å². The van der Waals surface area contributed by atoms with Crippen LogP contribution in [0.4, 0.5) is 4.39 Å². The third-order valence-electron chi connectivity index (χ3n) is 5.72. The molecular weight excluding hydrogens is 393 g/mol. The number of likely N-dealkylation sites (tertiary alicyclic amines) is 1. The number of benzene rings is 1. The van der Waals surface area contributed by atoms with Gasteiger partial charge in [-0.3, -0.25) is 9.30 Å². The lowest BCUT2D eigenvalue weighted by atomic mass is 9.96. The molecule has 0 radical (unpaired) electrons. The van der Waals surface area contributed by atoms with Gasteiger partial charge in [-0.25, -0.2) is 9.38 Å². The molecule has 0 amide bonds. The summed E-state index contributed by atoms with van der Waals surface area (Å²) < 4.78 is 15.9. The number of aromatic nitrogens is 3. The number of pyridine rings is 1. The molecule has 8 heteroatoms. The van der Waals surface area contributed by atoms with Crippen molar-refractivity contribution in [2.45, 2.75) is 32.9 Å². The summed E-state index contributed by atoms with van der Waals surface area (Å²) in [4.78, 5) is 7.03. The first-order valence-electron chi connectivity index (χ1n) is 11.0. The van der Waals surface area contributed by atoms with Crippen LogP contribution in [0.3, 0.4) is 0 Å². The number of hydrogen-bond donors (Lipinski definition) is 2. The summed E-state index contributed by atoms with van der Waals surface area (Å²) in [5.74, 6) is 2.08. The highest BCUT2D eigenvalue weighted by Gasteiger charge is 2.20. The van der Waals surface area contributed by atoms with Crippen LogP contribution in [0, 0.1) is 11.7 Å². The lowest BCUT2D eigenvalue weighted by Crippen LogP contribution is -2.42. The van der Waals surface area contributed by atoms with E-state index in [2.05, 4.69) is 37.6 Å². The Morgan fingerprint density at radius 1 is 1.10 bits per heavy atom. The van der Waals surface area contributed by atoms with Crippen LogP contribution in [-0.4, -0.2) is 51.6 Å². The van der Waals surface area contributed by atoms with Crippen LogP contribution in [0.2, 0.25) is 0 Å². The van der Waals surface area contributed by atoms with Crippen LogP contribution >= 0.6 is 0 Å². The Morgan fingerprint density at radius 3 is 2.71 bits per heavy atom. The van der Waals surface area contributed by atoms with E-state index < -0.39 is 0 Å². The third kappa shape index (κ3) is 5.58. The van der Waals surface area contributed by atoms with Gasteiger partial charge in [-0.05, 0) is 57.0 Å². The second kappa shape index (κ2) is 10.3. The summed E-state index contributed by atoms with van der Waals surface area (Å²) in [5.41, 5.74) is 1.61. The Kier molecular flexibility index (Phi) is 7.09. The molecule has 0 spiro atoms. The van der Waals surface area contributed by atoms with Crippen molar-refractivity contribution < 1.29 is 4.39 Å². The molecule has 0 aliphatic carbocycles. The Balaban J connectivity index is 1.27. The van der Waals surface area contributed by atoms with Crippen molar-refractivity contribution in [3.63, 3.8) is 0 Å². The summed E-state index contributed by atoms with van der Waals surface area (Å²) in [6, 6.07) is 12.9. The summed E-state index contributed by atoms with van der Waals surface area (Å²) in [6.07, 6.45) is 4.14. The molecule has 1 saturated heterocycles. The summed E-state index contributed by atoms with van der Waals surface area (Å²) in [5, 5.41) is 15.2. The SMILES string of the molecule is CCNC(=NCc1nnc2ccccn12)NCC1CCN(Cc2ccccc2F)CC1. The molecular formula is C23H30FN7. The molecule has 0 bridgehead atoms. The number of nitrogens with zero attached hydrogens (tertiary/aromatic N) is 5. The van der Waals surface area contributed by atoms with Crippen molar-refractivity contribution in [2.75, 3.05) is 26.2 Å². The van der Waals surface area contributed by atoms with Gasteiger partial charge in [0.2, 0.25) is 0 Å². The third-order valence-corrected chi connectivity index (χ3v) is 5.72. The molecule has 3 aromatic rings. The molecule has 3 heterocycles. The van der Waals surface area contributed by atoms with Crippen molar-refractivity contribution in [2.24, 2.45) is 10.9 Å². The first-order valence-corrected chi connectivity index (χ1v) is 11.0. The van der Waals surface area contributed by atoms with Gasteiger partial charge >= 0.3 is 0 Å². The van der Waals surface area contributed by atoms with E-state index >= 15 is 0 Å². The molecule has 1 fully saturated rings. The molecule has 0 saturated carbocycles. The van der Waals surface area contributed by atoms with Gasteiger partial charge in [0.1, 0.15) is 12.4 Å². The van der Waals surface area contributed by atoms with E-state index in [1.165, 1.54) is 6.07 Å². The molecule has 1 aliphatic rings. The molecule has 0 atom stereocenters. The Labute approximate surface area is 182 Å². The number of aliphatic imine (C=N–C) groups is 1. The Morgan fingerprint density at radius 2 is 1.90 bits per heavy atom. The molecule has 0 unspecified atom stereocenters. The van der Waals surface area contributed by atoms with Crippen molar-refractivity contribution >= 4 is 11.6 Å². The topological polar surface area (TPSA) is 69.8 Å². The lowest BCUT2D eigenvalue weighted by molar-refractivity contribution is 0.176. The van der Waals surface area contributed by atoms with Gasteiger partial charge in [0.05, 0.1) is 0 Å². The lowest BCUT2D eigenvalue weighted by Gasteiger charge is -2.32. The Bertz CT molecular complexity index is 1010. The first kappa shape index (κ1) is 21.2. The van der Waals surface area contributed by atoms with Gasteiger partial charge in [-0.2, -0.15) is 0 Å². The molecule has 2 aromatic heterocycles. The fourth-order valence-electron chi connectivity index (χ4n) is 3.95. The molecule has 1 aromatic carbocycles. The molecule has 7 nitrogen and oxygen atoms in total. The number of rotatable bonds is 7. The highest BCUT2D eigenvalue weighted by atomic mass is 19.1. The van der Waals surface area contributed by atoms with Gasteiger partial charge in [-0.15, -0.1) is 10.2 Å². The first-order chi connectivity index (χ1) is 15.2. The number of hydrogen-bond acceptors (Lipinski definition) is 4. The van der Waals surface area contributed by atoms with Crippen LogP contribution in [-0.2, 0) is 13.1 Å². The predicted octanol–water partition coefficient (Wildman–Crippen LogP) is 2.84. The molecule has 164 valence electrons. The standard InChI is InChI=1S/C23H30FN7/c1-2-25-23(27-16-22-29-28-21-9-5-6-12-31(21)22)26-15-18-10-13-30(14-11-18)17-19-7-3-4-8-20(19)24/h3-9,12,18H,2,10-11,13-17H2,1H3,(H2,25,26,27). The number of nitrogens with one attached hydrogen (secondary N) is 2. The largest absolute Gasteiger partial charge is 0.357 e. The van der Waals surface area contributed by atoms with Gasteiger partial charge in [0.15, 0.2) is 17.4 Å². The zero-order valence-electron chi connectivity index (χ0n) is 18.0. The van der Waals surface area contributed by atoms with Crippen LogP contribution in [0.5, 0.6) is 0 Å². The zero-order chi connectivity index (χ0) is 21.5. The summed E-state index contributed by atoms with van der Waals surface area (Å²) in [6.45, 7) is 6.85. The minimum Gasteiger partial charge on any atom is -0.357 e. The highest BCUT2D eigenvalue weighted by Crippen LogP contribution is 2.19. The smallest absolute Gasteiger partial charge is 0.191 e. The maximum Gasteiger partial charge on any atom is 0.191 e. The monoisotopic (exact) mass is 423 g/mol. The fraction of sp³-hybridized carbons (Fsp3) is 0.435. The quantitative estimate of drug-likeness (QED) is 0.452. The summed E-state index contributed by atoms with van der Waals surface area (Å²) >= 11 is 0. The normalized spacial score (nSPS) is 16.0. The number of guanidine groups is 1. The van der Waals surface area contributed by atoms with Crippen molar-refractivity contribution in [1.82, 2.24) is 30.1 Å². The van der Waals surface area contributed by atoms with Crippen molar-refractivity contribution in [3.8, 4) is 0 Å². The van der Waals surface area contributed by atoms with Crippen molar-refractivity contribution in [3.05, 3.63) is 65.9 Å². The van der Waals surface area contributed by atoms with E-state index in [9.17, 15) is 4.39 Å². The molecule has 31 heavy (non-hydrogen) atoms. The van der Waals surface area contributed by atoms with Gasteiger partial charge in [0, 0.05) is 31.4 Å². The average Bonchev–Trinajstić information content (AvgIpc) is 3.21. The average molecular weight is 424 g/mol. The maximum atomic E-state index is 13.9. The zero-order valence-corrected chi connectivity index (χ0v) is 18.0. The van der Waals surface area contributed by atoms with Gasteiger partial charge in [0.25, 0.3) is 0 Å². The maximum absolute atomic E-state index is 13.9. The van der Waals surface area contributed by atoms with E-state index in [0.29, 0.717) is 19.0 Å². The minimum atomic E-state index is -0.113. The van der Waals surface area contributed by atoms with Crippen molar-refractivity contribution in [1.29, 1.82) is 0 Å². The van der Waals surface area contributed by atoms with E-state index in [4.69, 9.17) is 0 Å². The van der Waals surface area contributed by atoms with E-state index in [-0.39, 0.29) is 5.82 Å². The molecule has 1 aliphatic heterocycles. The van der Waals surface area contributed by atoms with Crippen LogP contribution in [0.1, 0.15) is 31.2 Å². The van der Waals surface area contributed by atoms with Crippen LogP contribution in [0.25, 0.3) is 5.65 Å². The highest BCUT2D eigenvalue weighted by molar-refractivity contribution is 5.79. The summed E-state index contributed by atoms with van der Waals surface area (Å²) in [7, 11) is 0. The van der Waals surface area contributed by atoms with Crippen LogP contribution in [0.15, 0.2) is 53.7 Å². The second-order valence-electron chi connectivity index (χ2n) is 7.93. The van der Waals surface area contributed by atoms with E-state index in [1.54, 1.807) is 6.07 Å². The predicted molar refractivity (Wildman–Crippen MR) is 120 cm³/mol. The molecule has 4 rings (SSSR count). The fourth-order valence-corrected chi connectivity index (χ4v) is 3.95. The molecule has 2 N–H and O–H groups in total. The van der Waals surface area contributed by atoms with Gasteiger partial charge < -0.3 is 10.6 Å².